The summed E-state index contributed by atoms with van der Waals surface area (Å²) in [6, 6.07) is 0.0667. The van der Waals surface area contributed by atoms with Crippen LogP contribution in [0.1, 0.15) is 45.4 Å². The van der Waals surface area contributed by atoms with E-state index in [2.05, 4.69) is 4.72 Å². The molecule has 0 aromatic carbocycles. The van der Waals surface area contributed by atoms with E-state index in [0.29, 0.717) is 6.54 Å². The smallest absolute Gasteiger partial charge is 0.280 e. The van der Waals surface area contributed by atoms with E-state index in [9.17, 15) is 13.5 Å². The Labute approximate surface area is 103 Å². The van der Waals surface area contributed by atoms with Gasteiger partial charge in [-0.3, -0.25) is 0 Å². The molecule has 2 aliphatic rings. The molecule has 0 radical (unpaired) electrons. The second-order valence-electron chi connectivity index (χ2n) is 5.35. The summed E-state index contributed by atoms with van der Waals surface area (Å²) in [5.74, 6) is 0. The third-order valence-corrected chi connectivity index (χ3v) is 5.86. The molecule has 1 saturated heterocycles. The lowest BCUT2D eigenvalue weighted by atomic mass is 9.78. The summed E-state index contributed by atoms with van der Waals surface area (Å²) in [6.45, 7) is 2.44. The SMILES string of the molecule is CC1CCCCN1S(=O)(=O)NC1(CO)CCC1. The molecule has 1 heterocycles. The zero-order valence-corrected chi connectivity index (χ0v) is 11.2. The lowest BCUT2D eigenvalue weighted by molar-refractivity contribution is 0.107. The minimum absolute atomic E-state index is 0.0667. The van der Waals surface area contributed by atoms with Crippen molar-refractivity contribution in [2.75, 3.05) is 13.2 Å². The van der Waals surface area contributed by atoms with Crippen molar-refractivity contribution >= 4 is 10.2 Å². The summed E-state index contributed by atoms with van der Waals surface area (Å²) in [5.41, 5.74) is -0.587. The highest BCUT2D eigenvalue weighted by atomic mass is 32.2. The van der Waals surface area contributed by atoms with E-state index in [1.807, 2.05) is 6.92 Å². The molecular formula is C11H22N2O3S. The maximum absolute atomic E-state index is 12.3. The Bertz CT molecular complexity index is 359. The third kappa shape index (κ3) is 2.65. The summed E-state index contributed by atoms with van der Waals surface area (Å²) < 4.78 is 28.8. The van der Waals surface area contributed by atoms with Crippen molar-refractivity contribution in [2.24, 2.45) is 0 Å². The van der Waals surface area contributed by atoms with Crippen molar-refractivity contribution in [1.82, 2.24) is 9.03 Å². The molecular weight excluding hydrogens is 240 g/mol. The van der Waals surface area contributed by atoms with Crippen LogP contribution in [0.3, 0.4) is 0 Å². The van der Waals surface area contributed by atoms with Gasteiger partial charge in [0.15, 0.2) is 0 Å². The van der Waals surface area contributed by atoms with Crippen LogP contribution in [0, 0.1) is 0 Å². The first-order valence-corrected chi connectivity index (χ1v) is 7.85. The Balaban J connectivity index is 2.07. The second-order valence-corrected chi connectivity index (χ2v) is 6.98. The van der Waals surface area contributed by atoms with E-state index in [1.54, 1.807) is 4.31 Å². The number of nitrogens with zero attached hydrogens (tertiary/aromatic N) is 1. The lowest BCUT2D eigenvalue weighted by Crippen LogP contribution is -2.60. The Kier molecular flexibility index (Phi) is 3.77. The van der Waals surface area contributed by atoms with Crippen molar-refractivity contribution in [2.45, 2.75) is 57.0 Å². The predicted molar refractivity (Wildman–Crippen MR) is 65.7 cm³/mol. The molecule has 1 saturated carbocycles. The molecule has 2 N–H and O–H groups in total. The highest BCUT2D eigenvalue weighted by Crippen LogP contribution is 2.33. The molecule has 6 heteroatoms. The van der Waals surface area contributed by atoms with Gasteiger partial charge in [-0.1, -0.05) is 6.42 Å². The summed E-state index contributed by atoms with van der Waals surface area (Å²) in [4.78, 5) is 0. The molecule has 0 spiro atoms. The Morgan fingerprint density at radius 2 is 2.06 bits per heavy atom. The van der Waals surface area contributed by atoms with E-state index in [4.69, 9.17) is 0 Å². The minimum Gasteiger partial charge on any atom is -0.394 e. The van der Waals surface area contributed by atoms with E-state index in [-0.39, 0.29) is 12.6 Å². The molecule has 2 fully saturated rings. The lowest BCUT2D eigenvalue weighted by Gasteiger charge is -2.43. The second kappa shape index (κ2) is 4.84. The topological polar surface area (TPSA) is 69.6 Å². The van der Waals surface area contributed by atoms with Gasteiger partial charge in [-0.15, -0.1) is 0 Å². The third-order valence-electron chi connectivity index (χ3n) is 4.01. The number of aliphatic hydroxyl groups excluding tert-OH is 1. The Morgan fingerprint density at radius 3 is 2.53 bits per heavy atom. The first-order valence-electron chi connectivity index (χ1n) is 6.41. The largest absolute Gasteiger partial charge is 0.394 e. The van der Waals surface area contributed by atoms with Crippen LogP contribution < -0.4 is 4.72 Å². The fraction of sp³-hybridized carbons (Fsp3) is 1.00. The minimum atomic E-state index is -3.44. The Hall–Kier alpha value is -0.170. The van der Waals surface area contributed by atoms with Gasteiger partial charge in [0.2, 0.25) is 0 Å². The van der Waals surface area contributed by atoms with Gasteiger partial charge < -0.3 is 5.11 Å². The molecule has 17 heavy (non-hydrogen) atoms. The van der Waals surface area contributed by atoms with Gasteiger partial charge in [0.25, 0.3) is 10.2 Å². The standard InChI is InChI=1S/C11H22N2O3S/c1-10-5-2-3-8-13(10)17(15,16)12-11(9-14)6-4-7-11/h10,12,14H,2-9H2,1H3. The van der Waals surface area contributed by atoms with Crippen molar-refractivity contribution in [3.8, 4) is 0 Å². The zero-order chi connectivity index (χ0) is 12.5. The van der Waals surface area contributed by atoms with Crippen LogP contribution in [0.15, 0.2) is 0 Å². The molecule has 1 atom stereocenters. The van der Waals surface area contributed by atoms with Crippen molar-refractivity contribution in [3.63, 3.8) is 0 Å². The molecule has 1 aliphatic heterocycles. The predicted octanol–water partition coefficient (Wildman–Crippen LogP) is 0.610. The molecule has 0 bridgehead atoms. The van der Waals surface area contributed by atoms with Gasteiger partial charge >= 0.3 is 0 Å². The average molecular weight is 262 g/mol. The number of aliphatic hydroxyl groups is 1. The summed E-state index contributed by atoms with van der Waals surface area (Å²) in [7, 11) is -3.44. The van der Waals surface area contributed by atoms with E-state index in [1.165, 1.54) is 0 Å². The fourth-order valence-corrected chi connectivity index (χ4v) is 4.54. The number of hydrogen-bond acceptors (Lipinski definition) is 3. The van der Waals surface area contributed by atoms with Crippen LogP contribution in [0.25, 0.3) is 0 Å². The summed E-state index contributed by atoms with van der Waals surface area (Å²) in [5, 5.41) is 9.32. The maximum atomic E-state index is 12.3. The fourth-order valence-electron chi connectivity index (χ4n) is 2.66. The molecule has 0 amide bonds. The molecule has 5 nitrogen and oxygen atoms in total. The molecule has 0 aromatic heterocycles. The first kappa shape index (κ1) is 13.3. The van der Waals surface area contributed by atoms with E-state index in [0.717, 1.165) is 38.5 Å². The van der Waals surface area contributed by atoms with Crippen molar-refractivity contribution in [1.29, 1.82) is 0 Å². The van der Waals surface area contributed by atoms with Gasteiger partial charge in [-0.2, -0.15) is 17.4 Å². The van der Waals surface area contributed by atoms with Gasteiger partial charge in [0.1, 0.15) is 0 Å². The van der Waals surface area contributed by atoms with Gasteiger partial charge in [-0.25, -0.2) is 0 Å². The number of piperidine rings is 1. The van der Waals surface area contributed by atoms with Crippen LogP contribution in [-0.4, -0.2) is 42.6 Å². The maximum Gasteiger partial charge on any atom is 0.280 e. The summed E-state index contributed by atoms with van der Waals surface area (Å²) in [6.07, 6.45) is 5.41. The summed E-state index contributed by atoms with van der Waals surface area (Å²) >= 11 is 0. The van der Waals surface area contributed by atoms with E-state index >= 15 is 0 Å². The highest BCUT2D eigenvalue weighted by molar-refractivity contribution is 7.87. The number of rotatable bonds is 4. The van der Waals surface area contributed by atoms with Crippen LogP contribution in [-0.2, 0) is 10.2 Å². The van der Waals surface area contributed by atoms with E-state index < -0.39 is 15.7 Å². The number of nitrogens with one attached hydrogen (secondary N) is 1. The molecule has 1 unspecified atom stereocenters. The van der Waals surface area contributed by atoms with Crippen molar-refractivity contribution < 1.29 is 13.5 Å². The quantitative estimate of drug-likeness (QED) is 0.780. The van der Waals surface area contributed by atoms with Gasteiger partial charge in [0, 0.05) is 12.6 Å². The van der Waals surface area contributed by atoms with Crippen LogP contribution in [0.4, 0.5) is 0 Å². The monoisotopic (exact) mass is 262 g/mol. The Morgan fingerprint density at radius 1 is 1.35 bits per heavy atom. The molecule has 100 valence electrons. The van der Waals surface area contributed by atoms with Gasteiger partial charge in [0.05, 0.1) is 12.1 Å². The van der Waals surface area contributed by atoms with Crippen LogP contribution in [0.2, 0.25) is 0 Å². The average Bonchev–Trinajstić information content (AvgIpc) is 2.24. The molecule has 2 rings (SSSR count). The van der Waals surface area contributed by atoms with Crippen molar-refractivity contribution in [3.05, 3.63) is 0 Å². The first-order chi connectivity index (χ1) is 7.99. The zero-order valence-electron chi connectivity index (χ0n) is 10.4. The van der Waals surface area contributed by atoms with Gasteiger partial charge in [-0.05, 0) is 39.0 Å². The van der Waals surface area contributed by atoms with Crippen LogP contribution >= 0.6 is 0 Å². The highest BCUT2D eigenvalue weighted by Gasteiger charge is 2.42. The molecule has 0 aromatic rings. The normalized spacial score (nSPS) is 29.9. The van der Waals surface area contributed by atoms with Crippen LogP contribution in [0.5, 0.6) is 0 Å². The molecule has 1 aliphatic carbocycles. The number of hydrogen-bond donors (Lipinski definition) is 2.